The van der Waals surface area contributed by atoms with Crippen molar-refractivity contribution in [2.75, 3.05) is 5.32 Å². The molecule has 2 aromatic carbocycles. The first-order valence-corrected chi connectivity index (χ1v) is 7.49. The van der Waals surface area contributed by atoms with E-state index in [1.807, 2.05) is 25.2 Å². The molecular formula is C18H17FN4O. The summed E-state index contributed by atoms with van der Waals surface area (Å²) in [5.74, 6) is 0.251. The molecule has 0 spiro atoms. The molecule has 0 radical (unpaired) electrons. The molecule has 2 N–H and O–H groups in total. The summed E-state index contributed by atoms with van der Waals surface area (Å²) in [5.41, 5.74) is 1.29. The number of nitrogens with zero attached hydrogens (tertiary/aromatic N) is 2. The number of carbonyl (C=O) groups excluding carboxylic acids is 1. The van der Waals surface area contributed by atoms with E-state index in [-0.39, 0.29) is 5.82 Å². The first-order valence-electron chi connectivity index (χ1n) is 7.49. The number of nitrogens with one attached hydrogen (secondary N) is 2. The summed E-state index contributed by atoms with van der Waals surface area (Å²) in [4.78, 5) is 16.6. The summed E-state index contributed by atoms with van der Waals surface area (Å²) in [5, 5.41) is 5.61. The molecule has 6 heteroatoms. The Kier molecular flexibility index (Phi) is 4.56. The van der Waals surface area contributed by atoms with Crippen molar-refractivity contribution in [3.05, 3.63) is 84.2 Å². The number of urea groups is 1. The van der Waals surface area contributed by atoms with Gasteiger partial charge in [-0.2, -0.15) is 0 Å². The molecule has 122 valence electrons. The molecule has 0 fully saturated rings. The lowest BCUT2D eigenvalue weighted by Gasteiger charge is -2.19. The van der Waals surface area contributed by atoms with E-state index in [2.05, 4.69) is 15.6 Å². The predicted octanol–water partition coefficient (Wildman–Crippen LogP) is 3.47. The minimum Gasteiger partial charge on any atom is -0.336 e. The Morgan fingerprint density at radius 3 is 2.62 bits per heavy atom. The molecule has 0 aliphatic carbocycles. The summed E-state index contributed by atoms with van der Waals surface area (Å²) in [6.45, 7) is 0. The number of aryl methyl sites for hydroxylation is 1. The van der Waals surface area contributed by atoms with Gasteiger partial charge < -0.3 is 15.2 Å². The minimum absolute atomic E-state index is 0.364. The van der Waals surface area contributed by atoms with Crippen molar-refractivity contribution in [1.82, 2.24) is 14.9 Å². The zero-order valence-corrected chi connectivity index (χ0v) is 13.1. The number of imidazole rings is 1. The van der Waals surface area contributed by atoms with Gasteiger partial charge in [-0.25, -0.2) is 14.2 Å². The van der Waals surface area contributed by atoms with Gasteiger partial charge in [0.05, 0.1) is 0 Å². The van der Waals surface area contributed by atoms with E-state index < -0.39 is 12.1 Å². The van der Waals surface area contributed by atoms with E-state index in [4.69, 9.17) is 0 Å². The van der Waals surface area contributed by atoms with Crippen LogP contribution in [0.3, 0.4) is 0 Å². The Morgan fingerprint density at radius 2 is 1.96 bits per heavy atom. The minimum atomic E-state index is -0.565. The normalized spacial score (nSPS) is 11.8. The number of halogens is 1. The molecule has 1 aromatic heterocycles. The second-order valence-corrected chi connectivity index (χ2v) is 5.35. The third-order valence-electron chi connectivity index (χ3n) is 3.61. The number of benzene rings is 2. The Balaban J connectivity index is 1.85. The van der Waals surface area contributed by atoms with Crippen molar-refractivity contribution in [3.8, 4) is 0 Å². The van der Waals surface area contributed by atoms with Crippen molar-refractivity contribution in [2.45, 2.75) is 6.04 Å². The van der Waals surface area contributed by atoms with Gasteiger partial charge in [0.2, 0.25) is 0 Å². The molecule has 3 aromatic rings. The van der Waals surface area contributed by atoms with Crippen molar-refractivity contribution >= 4 is 11.7 Å². The van der Waals surface area contributed by atoms with Gasteiger partial charge in [-0.1, -0.05) is 30.3 Å². The van der Waals surface area contributed by atoms with E-state index in [9.17, 15) is 9.18 Å². The quantitative estimate of drug-likeness (QED) is 0.772. The third kappa shape index (κ3) is 3.60. The maximum absolute atomic E-state index is 13.6. The Morgan fingerprint density at radius 1 is 1.17 bits per heavy atom. The van der Waals surface area contributed by atoms with E-state index in [0.29, 0.717) is 17.1 Å². The number of aromatic nitrogens is 2. The van der Waals surface area contributed by atoms with Gasteiger partial charge in [0, 0.05) is 25.1 Å². The van der Waals surface area contributed by atoms with E-state index in [1.165, 1.54) is 12.1 Å². The highest BCUT2D eigenvalue weighted by molar-refractivity contribution is 5.89. The summed E-state index contributed by atoms with van der Waals surface area (Å²) in [6, 6.07) is 14.3. The zero-order valence-electron chi connectivity index (χ0n) is 13.1. The zero-order chi connectivity index (χ0) is 16.9. The van der Waals surface area contributed by atoms with Crippen LogP contribution in [0, 0.1) is 5.82 Å². The fourth-order valence-electron chi connectivity index (χ4n) is 2.46. The fraction of sp³-hybridized carbons (Fsp3) is 0.111. The van der Waals surface area contributed by atoms with Gasteiger partial charge in [-0.3, -0.25) is 0 Å². The average Bonchev–Trinajstić information content (AvgIpc) is 2.99. The van der Waals surface area contributed by atoms with Crippen LogP contribution in [0.2, 0.25) is 0 Å². The van der Waals surface area contributed by atoms with Gasteiger partial charge in [0.15, 0.2) is 0 Å². The fourth-order valence-corrected chi connectivity index (χ4v) is 2.46. The Bertz CT molecular complexity index is 832. The molecular weight excluding hydrogens is 307 g/mol. The topological polar surface area (TPSA) is 59.0 Å². The number of rotatable bonds is 4. The van der Waals surface area contributed by atoms with Gasteiger partial charge in [-0.05, 0) is 29.8 Å². The molecule has 2 amide bonds. The molecule has 0 aliphatic heterocycles. The number of amides is 2. The molecule has 5 nitrogen and oxygen atoms in total. The van der Waals surface area contributed by atoms with Crippen LogP contribution in [0.15, 0.2) is 67.0 Å². The van der Waals surface area contributed by atoms with E-state index in [0.717, 1.165) is 0 Å². The Hall–Kier alpha value is -3.15. The van der Waals surface area contributed by atoms with Crippen molar-refractivity contribution in [2.24, 2.45) is 7.05 Å². The highest BCUT2D eigenvalue weighted by atomic mass is 19.1. The van der Waals surface area contributed by atoms with Crippen LogP contribution >= 0.6 is 0 Å². The van der Waals surface area contributed by atoms with Crippen LogP contribution in [0.1, 0.15) is 17.4 Å². The average molecular weight is 324 g/mol. The van der Waals surface area contributed by atoms with Crippen LogP contribution in [-0.2, 0) is 7.05 Å². The van der Waals surface area contributed by atoms with Crippen LogP contribution < -0.4 is 10.6 Å². The lowest BCUT2D eigenvalue weighted by molar-refractivity contribution is 0.249. The van der Waals surface area contributed by atoms with Gasteiger partial charge in [0.1, 0.15) is 17.7 Å². The Labute approximate surface area is 139 Å². The largest absolute Gasteiger partial charge is 0.336 e. The first-order chi connectivity index (χ1) is 11.6. The van der Waals surface area contributed by atoms with Gasteiger partial charge in [-0.15, -0.1) is 0 Å². The van der Waals surface area contributed by atoms with E-state index in [1.54, 1.807) is 41.2 Å². The third-order valence-corrected chi connectivity index (χ3v) is 3.61. The van der Waals surface area contributed by atoms with Crippen LogP contribution in [-0.4, -0.2) is 15.6 Å². The highest BCUT2D eigenvalue weighted by Crippen LogP contribution is 2.21. The second-order valence-electron chi connectivity index (χ2n) is 5.35. The lowest BCUT2D eigenvalue weighted by atomic mass is 10.1. The molecule has 1 atom stereocenters. The summed E-state index contributed by atoms with van der Waals surface area (Å²) in [6.07, 6.45) is 3.41. The monoisotopic (exact) mass is 324 g/mol. The van der Waals surface area contributed by atoms with Crippen LogP contribution in [0.5, 0.6) is 0 Å². The molecule has 0 unspecified atom stereocenters. The van der Waals surface area contributed by atoms with Crippen molar-refractivity contribution < 1.29 is 9.18 Å². The first kappa shape index (κ1) is 15.7. The number of hydrogen-bond acceptors (Lipinski definition) is 2. The van der Waals surface area contributed by atoms with Gasteiger partial charge in [0.25, 0.3) is 0 Å². The van der Waals surface area contributed by atoms with Crippen molar-refractivity contribution in [3.63, 3.8) is 0 Å². The summed E-state index contributed by atoms with van der Waals surface area (Å²) < 4.78 is 15.4. The van der Waals surface area contributed by atoms with Crippen LogP contribution in [0.4, 0.5) is 14.9 Å². The molecule has 0 aliphatic rings. The summed E-state index contributed by atoms with van der Waals surface area (Å²) in [7, 11) is 1.82. The molecule has 3 rings (SSSR count). The standard InChI is InChI=1S/C18H17FN4O/c1-23-11-10-20-17(23)16(13-6-5-7-14(19)12-13)22-18(24)21-15-8-3-2-4-9-15/h2-12,16H,1H3,(H2,21,22,24)/t16-/m1/s1. The molecule has 0 saturated heterocycles. The van der Waals surface area contributed by atoms with Crippen molar-refractivity contribution in [1.29, 1.82) is 0 Å². The second kappa shape index (κ2) is 6.95. The molecule has 24 heavy (non-hydrogen) atoms. The molecule has 0 saturated carbocycles. The number of para-hydroxylation sites is 1. The maximum atomic E-state index is 13.6. The van der Waals surface area contributed by atoms with E-state index >= 15 is 0 Å². The number of anilines is 1. The molecule has 1 heterocycles. The molecule has 0 bridgehead atoms. The number of carbonyl (C=O) groups is 1. The highest BCUT2D eigenvalue weighted by Gasteiger charge is 2.21. The predicted molar refractivity (Wildman–Crippen MR) is 90.0 cm³/mol. The summed E-state index contributed by atoms with van der Waals surface area (Å²) >= 11 is 0. The maximum Gasteiger partial charge on any atom is 0.320 e. The SMILES string of the molecule is Cn1ccnc1[C@H](NC(=O)Nc1ccccc1)c1cccc(F)c1. The smallest absolute Gasteiger partial charge is 0.320 e. The number of hydrogen-bond donors (Lipinski definition) is 2. The van der Waals surface area contributed by atoms with Gasteiger partial charge >= 0.3 is 6.03 Å². The lowest BCUT2D eigenvalue weighted by Crippen LogP contribution is -2.34. The van der Waals surface area contributed by atoms with Crippen LogP contribution in [0.25, 0.3) is 0 Å².